The van der Waals surface area contributed by atoms with Crippen LogP contribution in [0.5, 0.6) is 0 Å². The molecule has 1 aromatic rings. The summed E-state index contributed by atoms with van der Waals surface area (Å²) >= 11 is 0. The molecule has 2 N–H and O–H groups in total. The fourth-order valence-electron chi connectivity index (χ4n) is 3.22. The minimum absolute atomic E-state index is 0.00768. The number of aromatic nitrogens is 2. The summed E-state index contributed by atoms with van der Waals surface area (Å²) in [5.41, 5.74) is -0.944. The predicted octanol–water partition coefficient (Wildman–Crippen LogP) is 4.60. The summed E-state index contributed by atoms with van der Waals surface area (Å²) in [5.74, 6) is -0.394. The Morgan fingerprint density at radius 1 is 0.967 bits per heavy atom. The third kappa shape index (κ3) is 9.04. The highest BCUT2D eigenvalue weighted by molar-refractivity contribution is 5.95. The number of fused-ring (bicyclic) bond motifs is 1. The van der Waals surface area contributed by atoms with Gasteiger partial charge in [-0.25, -0.2) is 0 Å². The van der Waals surface area contributed by atoms with Gasteiger partial charge in [0.1, 0.15) is 5.69 Å². The lowest BCUT2D eigenvalue weighted by Crippen LogP contribution is -2.39. The Kier molecular flexibility index (Phi) is 17.4. The van der Waals surface area contributed by atoms with Crippen molar-refractivity contribution in [1.82, 2.24) is 20.0 Å². The van der Waals surface area contributed by atoms with Crippen LogP contribution in [0.4, 0.5) is 13.2 Å². The average molecular weight is 439 g/mol. The molecule has 0 spiro atoms. The Morgan fingerprint density at radius 3 is 2.00 bits per heavy atom. The molecule has 0 bridgehead atoms. The van der Waals surface area contributed by atoms with Crippen molar-refractivity contribution in [2.45, 2.75) is 73.4 Å². The summed E-state index contributed by atoms with van der Waals surface area (Å²) in [7, 11) is 1.00. The maximum Gasteiger partial charge on any atom is 0.433 e. The zero-order valence-corrected chi connectivity index (χ0v) is 19.7. The van der Waals surface area contributed by atoms with Gasteiger partial charge in [-0.1, -0.05) is 41.5 Å². The van der Waals surface area contributed by atoms with Crippen LogP contribution in [0.1, 0.15) is 82.6 Å². The fourth-order valence-corrected chi connectivity index (χ4v) is 3.22. The highest BCUT2D eigenvalue weighted by Crippen LogP contribution is 2.33. The van der Waals surface area contributed by atoms with E-state index in [1.807, 2.05) is 46.6 Å². The lowest BCUT2D eigenvalue weighted by atomic mass is 10.0. The third-order valence-corrected chi connectivity index (χ3v) is 4.37. The summed E-state index contributed by atoms with van der Waals surface area (Å²) in [6.45, 7) is 16.0. The second kappa shape index (κ2) is 17.1. The van der Waals surface area contributed by atoms with Gasteiger partial charge in [0, 0.05) is 25.8 Å². The molecular weight excluding hydrogens is 397 g/mol. The maximum atomic E-state index is 12.8. The van der Waals surface area contributed by atoms with Crippen LogP contribution in [0, 0.1) is 0 Å². The van der Waals surface area contributed by atoms with E-state index < -0.39 is 17.8 Å². The number of likely N-dealkylation sites (tertiary alicyclic amines) is 1. The van der Waals surface area contributed by atoms with Crippen molar-refractivity contribution in [1.29, 1.82) is 0 Å². The average Bonchev–Trinajstić information content (AvgIpc) is 3.45. The van der Waals surface area contributed by atoms with Crippen molar-refractivity contribution in [3.05, 3.63) is 17.0 Å². The van der Waals surface area contributed by atoms with Gasteiger partial charge in [0.05, 0.1) is 0 Å². The quantitative estimate of drug-likeness (QED) is 0.721. The molecule has 0 aromatic carbocycles. The van der Waals surface area contributed by atoms with Crippen LogP contribution in [0.25, 0.3) is 0 Å². The molecule has 9 heteroatoms. The number of alkyl halides is 3. The first-order valence-corrected chi connectivity index (χ1v) is 11.1. The number of aliphatic hydroxyl groups is 1. The Morgan fingerprint density at radius 2 is 1.50 bits per heavy atom. The van der Waals surface area contributed by atoms with E-state index in [9.17, 15) is 18.0 Å². The number of H-pyrrole nitrogens is 1. The predicted molar refractivity (Wildman–Crippen MR) is 116 cm³/mol. The molecule has 30 heavy (non-hydrogen) atoms. The molecule has 1 aromatic heterocycles. The molecule has 2 aliphatic rings. The summed E-state index contributed by atoms with van der Waals surface area (Å²) < 4.78 is 38.4. The summed E-state index contributed by atoms with van der Waals surface area (Å²) in [6.07, 6.45) is -0.995. The number of hydrogen-bond acceptors (Lipinski definition) is 4. The van der Waals surface area contributed by atoms with E-state index in [-0.39, 0.29) is 17.7 Å². The normalized spacial score (nSPS) is 15.3. The second-order valence-electron chi connectivity index (χ2n) is 5.87. The van der Waals surface area contributed by atoms with Gasteiger partial charge in [0.2, 0.25) is 0 Å². The van der Waals surface area contributed by atoms with Crippen LogP contribution in [0.15, 0.2) is 0 Å². The standard InChI is InChI=1S/C14H19F3N4O.3C2H6.CH4O/c15-14(16,17)12-10-4-9-21(13(22)11(10)18-19-12)8-3-7-20-5-1-2-6-20;4*1-2/h1-9H2,(H,18,19);3*1-2H3;2H,1H3. The molecule has 0 aliphatic carbocycles. The maximum absolute atomic E-state index is 12.8. The molecule has 6 nitrogen and oxygen atoms in total. The number of carbonyl (C=O) groups is 1. The van der Waals surface area contributed by atoms with E-state index in [4.69, 9.17) is 5.11 Å². The molecule has 0 radical (unpaired) electrons. The van der Waals surface area contributed by atoms with Gasteiger partial charge in [-0.05, 0) is 45.3 Å². The minimum Gasteiger partial charge on any atom is -0.400 e. The Bertz CT molecular complexity index is 557. The van der Waals surface area contributed by atoms with E-state index in [1.165, 1.54) is 12.8 Å². The van der Waals surface area contributed by atoms with Crippen LogP contribution >= 0.6 is 0 Å². The van der Waals surface area contributed by atoms with Crippen LogP contribution in [0.2, 0.25) is 0 Å². The van der Waals surface area contributed by atoms with Crippen molar-refractivity contribution >= 4 is 5.91 Å². The number of halogens is 3. The zero-order valence-electron chi connectivity index (χ0n) is 19.7. The van der Waals surface area contributed by atoms with Gasteiger partial charge < -0.3 is 14.9 Å². The number of amides is 1. The van der Waals surface area contributed by atoms with Crippen molar-refractivity contribution in [3.8, 4) is 0 Å². The summed E-state index contributed by atoms with van der Waals surface area (Å²) in [5, 5.41) is 12.6. The number of aromatic amines is 1. The first-order valence-electron chi connectivity index (χ1n) is 11.1. The molecular formula is C21H41F3N4O2. The SMILES string of the molecule is CC.CC.CC.CO.O=C1c2n[nH]c(C(F)(F)F)c2CCN1CCCN1CCCC1. The fraction of sp³-hybridized carbons (Fsp3) is 0.810. The largest absolute Gasteiger partial charge is 0.433 e. The first kappa shape index (κ1) is 30.6. The molecule has 1 amide bonds. The highest BCUT2D eigenvalue weighted by Gasteiger charge is 2.40. The molecule has 178 valence electrons. The molecule has 0 atom stereocenters. The Labute approximate surface area is 179 Å². The summed E-state index contributed by atoms with van der Waals surface area (Å²) in [6, 6.07) is 0. The van der Waals surface area contributed by atoms with E-state index in [0.29, 0.717) is 13.1 Å². The Balaban J connectivity index is 0. The van der Waals surface area contributed by atoms with Crippen LogP contribution in [0.3, 0.4) is 0 Å². The molecule has 1 fully saturated rings. The highest BCUT2D eigenvalue weighted by atomic mass is 19.4. The number of carbonyl (C=O) groups excluding carboxylic acids is 1. The van der Waals surface area contributed by atoms with Crippen molar-refractivity contribution in [2.24, 2.45) is 0 Å². The molecule has 2 aliphatic heterocycles. The van der Waals surface area contributed by atoms with E-state index in [1.54, 1.807) is 4.90 Å². The monoisotopic (exact) mass is 438 g/mol. The summed E-state index contributed by atoms with van der Waals surface area (Å²) in [4.78, 5) is 16.2. The third-order valence-electron chi connectivity index (χ3n) is 4.37. The zero-order chi connectivity index (χ0) is 23.7. The van der Waals surface area contributed by atoms with Gasteiger partial charge >= 0.3 is 6.18 Å². The van der Waals surface area contributed by atoms with Crippen LogP contribution < -0.4 is 0 Å². The van der Waals surface area contributed by atoms with Crippen LogP contribution in [-0.2, 0) is 12.6 Å². The van der Waals surface area contributed by atoms with Crippen molar-refractivity contribution < 1.29 is 23.1 Å². The molecule has 0 unspecified atom stereocenters. The lowest BCUT2D eigenvalue weighted by Gasteiger charge is -2.27. The number of nitrogens with one attached hydrogen (secondary N) is 1. The lowest BCUT2D eigenvalue weighted by molar-refractivity contribution is -0.141. The van der Waals surface area contributed by atoms with Crippen LogP contribution in [-0.4, -0.2) is 70.8 Å². The molecule has 1 saturated heterocycles. The minimum atomic E-state index is -4.49. The van der Waals surface area contributed by atoms with Crippen molar-refractivity contribution in [2.75, 3.05) is 39.8 Å². The molecule has 0 saturated carbocycles. The van der Waals surface area contributed by atoms with Gasteiger partial charge in [-0.15, -0.1) is 0 Å². The van der Waals surface area contributed by atoms with Gasteiger partial charge in [-0.2, -0.15) is 18.3 Å². The van der Waals surface area contributed by atoms with E-state index in [2.05, 4.69) is 10.00 Å². The first-order chi connectivity index (χ1) is 14.5. The number of nitrogens with zero attached hydrogens (tertiary/aromatic N) is 3. The molecule has 3 rings (SSSR count). The smallest absolute Gasteiger partial charge is 0.400 e. The topological polar surface area (TPSA) is 72.5 Å². The van der Waals surface area contributed by atoms with Crippen molar-refractivity contribution in [3.63, 3.8) is 0 Å². The van der Waals surface area contributed by atoms with Gasteiger partial charge in [0.15, 0.2) is 5.69 Å². The Hall–Kier alpha value is -1.61. The van der Waals surface area contributed by atoms with Gasteiger partial charge in [0.25, 0.3) is 5.91 Å². The van der Waals surface area contributed by atoms with Gasteiger partial charge in [-0.3, -0.25) is 9.89 Å². The van der Waals surface area contributed by atoms with E-state index in [0.717, 1.165) is 33.2 Å². The number of aliphatic hydroxyl groups excluding tert-OH is 1. The van der Waals surface area contributed by atoms with E-state index >= 15 is 0 Å². The second-order valence-corrected chi connectivity index (χ2v) is 5.87. The molecule has 3 heterocycles. The number of hydrogen-bond donors (Lipinski definition) is 2. The number of rotatable bonds is 4.